The van der Waals surface area contributed by atoms with Crippen LogP contribution in [0.2, 0.25) is 0 Å². The molecule has 0 bridgehead atoms. The molecule has 1 heterocycles. The molecule has 0 radical (unpaired) electrons. The van der Waals surface area contributed by atoms with Crippen molar-refractivity contribution in [3.8, 4) is 0 Å². The van der Waals surface area contributed by atoms with Crippen molar-refractivity contribution in [3.63, 3.8) is 0 Å². The van der Waals surface area contributed by atoms with Gasteiger partial charge in [0.15, 0.2) is 0 Å². The van der Waals surface area contributed by atoms with Crippen molar-refractivity contribution >= 4 is 16.7 Å². The molecule has 3 aromatic rings. The van der Waals surface area contributed by atoms with E-state index in [4.69, 9.17) is 0 Å². The van der Waals surface area contributed by atoms with Crippen molar-refractivity contribution in [1.82, 2.24) is 9.55 Å². The van der Waals surface area contributed by atoms with Crippen LogP contribution in [0.3, 0.4) is 0 Å². The second-order valence-corrected chi connectivity index (χ2v) is 5.25. The summed E-state index contributed by atoms with van der Waals surface area (Å²) in [5.41, 5.74) is 5.92. The van der Waals surface area contributed by atoms with Crippen LogP contribution in [-0.2, 0) is 13.6 Å². The molecule has 3 heteroatoms. The van der Waals surface area contributed by atoms with Gasteiger partial charge in [-0.05, 0) is 43.2 Å². The summed E-state index contributed by atoms with van der Waals surface area (Å²) in [5, 5.41) is 3.49. The number of aryl methyl sites for hydroxylation is 3. The van der Waals surface area contributed by atoms with Gasteiger partial charge in [0.2, 0.25) is 0 Å². The van der Waals surface area contributed by atoms with Crippen molar-refractivity contribution in [1.29, 1.82) is 0 Å². The van der Waals surface area contributed by atoms with Gasteiger partial charge in [0, 0.05) is 12.7 Å². The number of hydrogen-bond donors (Lipinski definition) is 1. The Kier molecular flexibility index (Phi) is 3.18. The average Bonchev–Trinajstić information content (AvgIpc) is 2.77. The summed E-state index contributed by atoms with van der Waals surface area (Å²) in [6.07, 6.45) is 0. The molecule has 0 amide bonds. The van der Waals surface area contributed by atoms with E-state index in [1.54, 1.807) is 0 Å². The molecule has 2 aromatic carbocycles. The summed E-state index contributed by atoms with van der Waals surface area (Å²) >= 11 is 0. The van der Waals surface area contributed by atoms with E-state index >= 15 is 0 Å². The number of rotatable bonds is 3. The molecule has 0 aliphatic heterocycles. The Balaban J connectivity index is 1.87. The van der Waals surface area contributed by atoms with Crippen LogP contribution in [0.15, 0.2) is 42.5 Å². The lowest BCUT2D eigenvalue weighted by Gasteiger charge is -2.10. The van der Waals surface area contributed by atoms with E-state index < -0.39 is 0 Å². The maximum absolute atomic E-state index is 4.68. The van der Waals surface area contributed by atoms with Gasteiger partial charge in [-0.25, -0.2) is 4.98 Å². The Hall–Kier alpha value is -2.29. The lowest BCUT2D eigenvalue weighted by Crippen LogP contribution is -2.06. The number of aromatic nitrogens is 2. The fraction of sp³-hybridized carbons (Fsp3) is 0.235. The molecule has 3 rings (SSSR count). The first-order valence-corrected chi connectivity index (χ1v) is 6.86. The van der Waals surface area contributed by atoms with Crippen LogP contribution in [0.25, 0.3) is 11.0 Å². The zero-order chi connectivity index (χ0) is 14.1. The van der Waals surface area contributed by atoms with Crippen LogP contribution in [0.4, 0.5) is 5.69 Å². The van der Waals surface area contributed by atoms with Gasteiger partial charge >= 0.3 is 0 Å². The second-order valence-electron chi connectivity index (χ2n) is 5.25. The lowest BCUT2D eigenvalue weighted by molar-refractivity contribution is 0.834. The highest BCUT2D eigenvalue weighted by Crippen LogP contribution is 2.19. The Morgan fingerprint density at radius 1 is 1.10 bits per heavy atom. The third-order valence-corrected chi connectivity index (χ3v) is 3.71. The van der Waals surface area contributed by atoms with Crippen molar-refractivity contribution in [3.05, 3.63) is 59.4 Å². The highest BCUT2D eigenvalue weighted by atomic mass is 15.1. The molecule has 102 valence electrons. The Morgan fingerprint density at radius 2 is 1.90 bits per heavy atom. The molecule has 0 aliphatic carbocycles. The molecule has 20 heavy (non-hydrogen) atoms. The minimum absolute atomic E-state index is 0.732. The van der Waals surface area contributed by atoms with E-state index in [9.17, 15) is 0 Å². The van der Waals surface area contributed by atoms with Crippen LogP contribution in [0.1, 0.15) is 17.0 Å². The van der Waals surface area contributed by atoms with E-state index in [1.165, 1.54) is 22.3 Å². The average molecular weight is 265 g/mol. The van der Waals surface area contributed by atoms with Gasteiger partial charge in [-0.2, -0.15) is 0 Å². The first-order valence-electron chi connectivity index (χ1n) is 6.86. The quantitative estimate of drug-likeness (QED) is 0.780. The number of nitrogens with zero attached hydrogens (tertiary/aromatic N) is 2. The smallest absolute Gasteiger partial charge is 0.128 e. The summed E-state index contributed by atoms with van der Waals surface area (Å²) in [5.74, 6) is 1.05. The van der Waals surface area contributed by atoms with Crippen LogP contribution < -0.4 is 5.32 Å². The highest BCUT2D eigenvalue weighted by molar-refractivity contribution is 5.75. The zero-order valence-electron chi connectivity index (χ0n) is 12.1. The molecule has 0 atom stereocenters. The van der Waals surface area contributed by atoms with E-state index in [2.05, 4.69) is 66.1 Å². The fourth-order valence-corrected chi connectivity index (χ4v) is 2.45. The Bertz CT molecular complexity index is 756. The number of nitrogens with one attached hydrogen (secondary N) is 1. The number of fused-ring (bicyclic) bond motifs is 1. The van der Waals surface area contributed by atoms with Crippen LogP contribution >= 0.6 is 0 Å². The predicted molar refractivity (Wildman–Crippen MR) is 84.0 cm³/mol. The first kappa shape index (κ1) is 12.7. The topological polar surface area (TPSA) is 29.9 Å². The Morgan fingerprint density at radius 3 is 2.70 bits per heavy atom. The molecule has 0 saturated heterocycles. The molecule has 1 N–H and O–H groups in total. The van der Waals surface area contributed by atoms with E-state index in [1.807, 2.05) is 12.1 Å². The Labute approximate surface area is 119 Å². The van der Waals surface area contributed by atoms with Gasteiger partial charge in [-0.1, -0.05) is 24.3 Å². The summed E-state index contributed by atoms with van der Waals surface area (Å²) in [4.78, 5) is 4.68. The summed E-state index contributed by atoms with van der Waals surface area (Å²) < 4.78 is 2.15. The molecule has 0 fully saturated rings. The number of benzene rings is 2. The van der Waals surface area contributed by atoms with Gasteiger partial charge in [0.25, 0.3) is 0 Å². The predicted octanol–water partition coefficient (Wildman–Crippen LogP) is 3.80. The molecule has 0 saturated carbocycles. The van der Waals surface area contributed by atoms with Gasteiger partial charge in [0.05, 0.1) is 17.6 Å². The molecule has 0 aliphatic rings. The summed E-state index contributed by atoms with van der Waals surface area (Å²) in [6, 6.07) is 14.7. The monoisotopic (exact) mass is 265 g/mol. The maximum Gasteiger partial charge on any atom is 0.128 e. The van der Waals surface area contributed by atoms with Crippen molar-refractivity contribution in [2.75, 3.05) is 5.32 Å². The van der Waals surface area contributed by atoms with Gasteiger partial charge < -0.3 is 9.88 Å². The molecule has 3 nitrogen and oxygen atoms in total. The highest BCUT2D eigenvalue weighted by Gasteiger charge is 2.07. The minimum Gasteiger partial charge on any atom is -0.378 e. The van der Waals surface area contributed by atoms with E-state index in [0.717, 1.165) is 17.9 Å². The SMILES string of the molecule is Cc1ccc(C)c(NCc2nc3ccccc3n2C)c1. The molecular formula is C17H19N3. The van der Waals surface area contributed by atoms with Crippen molar-refractivity contribution in [2.45, 2.75) is 20.4 Å². The maximum atomic E-state index is 4.68. The van der Waals surface area contributed by atoms with E-state index in [-0.39, 0.29) is 0 Å². The second kappa shape index (κ2) is 5.00. The summed E-state index contributed by atoms with van der Waals surface area (Å²) in [7, 11) is 2.06. The van der Waals surface area contributed by atoms with Gasteiger partial charge in [-0.15, -0.1) is 0 Å². The van der Waals surface area contributed by atoms with Gasteiger partial charge in [-0.3, -0.25) is 0 Å². The van der Waals surface area contributed by atoms with Crippen LogP contribution in [0, 0.1) is 13.8 Å². The number of hydrogen-bond acceptors (Lipinski definition) is 2. The molecule has 1 aromatic heterocycles. The largest absolute Gasteiger partial charge is 0.378 e. The standard InChI is InChI=1S/C17H19N3/c1-12-8-9-13(2)15(10-12)18-11-17-19-14-6-4-5-7-16(14)20(17)3/h4-10,18H,11H2,1-3H3. The van der Waals surface area contributed by atoms with Crippen molar-refractivity contribution < 1.29 is 0 Å². The van der Waals surface area contributed by atoms with Crippen LogP contribution in [0.5, 0.6) is 0 Å². The molecule has 0 spiro atoms. The normalized spacial score (nSPS) is 10.9. The minimum atomic E-state index is 0.732. The van der Waals surface area contributed by atoms with Crippen LogP contribution in [-0.4, -0.2) is 9.55 Å². The van der Waals surface area contributed by atoms with Gasteiger partial charge in [0.1, 0.15) is 5.82 Å². The number of imidazole rings is 1. The third-order valence-electron chi connectivity index (χ3n) is 3.71. The first-order chi connectivity index (χ1) is 9.65. The number of anilines is 1. The number of para-hydroxylation sites is 2. The zero-order valence-corrected chi connectivity index (χ0v) is 12.1. The summed E-state index contributed by atoms with van der Waals surface area (Å²) in [6.45, 7) is 4.96. The fourth-order valence-electron chi connectivity index (χ4n) is 2.45. The molecule has 0 unspecified atom stereocenters. The molecular weight excluding hydrogens is 246 g/mol. The lowest BCUT2D eigenvalue weighted by atomic mass is 10.1. The van der Waals surface area contributed by atoms with E-state index in [0.29, 0.717) is 0 Å². The van der Waals surface area contributed by atoms with Crippen molar-refractivity contribution in [2.24, 2.45) is 7.05 Å². The third kappa shape index (κ3) is 2.27.